The lowest BCUT2D eigenvalue weighted by molar-refractivity contribution is 0.199. The summed E-state index contributed by atoms with van der Waals surface area (Å²) in [5, 5.41) is 15.3. The number of carbonyl (C=O) groups is 1. The van der Waals surface area contributed by atoms with Crippen LogP contribution in [0.2, 0.25) is 10.0 Å². The molecule has 0 saturated heterocycles. The average molecular weight is 480 g/mol. The molecule has 2 amide bonds. The van der Waals surface area contributed by atoms with E-state index in [0.717, 1.165) is 5.56 Å². The predicted octanol–water partition coefficient (Wildman–Crippen LogP) is 5.49. The van der Waals surface area contributed by atoms with E-state index in [4.69, 9.17) is 23.2 Å². The molecule has 31 heavy (non-hydrogen) atoms. The Morgan fingerprint density at radius 1 is 0.839 bits per heavy atom. The largest absolute Gasteiger partial charge is 0.389 e. The van der Waals surface area contributed by atoms with Crippen LogP contribution >= 0.6 is 23.2 Å². The Labute approximate surface area is 190 Å². The molecule has 0 heterocycles. The molecule has 0 aliphatic rings. The van der Waals surface area contributed by atoms with Gasteiger partial charge in [-0.15, -0.1) is 0 Å². The molecule has 3 rings (SSSR count). The second-order valence-electron chi connectivity index (χ2n) is 6.64. The second kappa shape index (κ2) is 9.57. The molecular formula is C21H19Cl2N3O4S. The highest BCUT2D eigenvalue weighted by molar-refractivity contribution is 7.92. The molecule has 3 aromatic carbocycles. The van der Waals surface area contributed by atoms with Crippen molar-refractivity contribution in [2.75, 3.05) is 15.4 Å². The molecule has 0 bridgehead atoms. The van der Waals surface area contributed by atoms with E-state index in [9.17, 15) is 18.3 Å². The van der Waals surface area contributed by atoms with Crippen LogP contribution < -0.4 is 15.4 Å². The van der Waals surface area contributed by atoms with Gasteiger partial charge < -0.3 is 15.7 Å². The van der Waals surface area contributed by atoms with E-state index in [1.54, 1.807) is 31.2 Å². The first-order valence-electron chi connectivity index (χ1n) is 9.08. The number of aliphatic hydroxyl groups is 1. The van der Waals surface area contributed by atoms with E-state index in [1.165, 1.54) is 42.5 Å². The summed E-state index contributed by atoms with van der Waals surface area (Å²) in [6, 6.07) is 16.4. The van der Waals surface area contributed by atoms with Gasteiger partial charge in [-0.05, 0) is 67.1 Å². The van der Waals surface area contributed by atoms with E-state index in [2.05, 4.69) is 15.4 Å². The van der Waals surface area contributed by atoms with E-state index in [0.29, 0.717) is 16.4 Å². The molecule has 4 N–H and O–H groups in total. The standard InChI is InChI=1S/C21H19Cl2N3O4S/c1-13(27)14-2-4-15(5-3-14)24-21(28)25-16-6-9-18(10-7-16)31(29,30)26-17-8-11-19(22)20(23)12-17/h2-13,26-27H,1H3,(H2,24,25,28). The number of anilines is 3. The molecule has 1 unspecified atom stereocenters. The zero-order valence-corrected chi connectivity index (χ0v) is 18.6. The highest BCUT2D eigenvalue weighted by Crippen LogP contribution is 2.27. The fraction of sp³-hybridized carbons (Fsp3) is 0.0952. The molecule has 0 radical (unpaired) electrons. The maximum absolute atomic E-state index is 12.5. The van der Waals surface area contributed by atoms with Crippen LogP contribution in [0.3, 0.4) is 0 Å². The van der Waals surface area contributed by atoms with E-state index in [1.807, 2.05) is 0 Å². The van der Waals surface area contributed by atoms with Gasteiger partial charge in [0.05, 0.1) is 26.7 Å². The monoisotopic (exact) mass is 479 g/mol. The third-order valence-electron chi connectivity index (χ3n) is 4.25. The van der Waals surface area contributed by atoms with Crippen LogP contribution in [-0.4, -0.2) is 19.6 Å². The first kappa shape index (κ1) is 22.9. The van der Waals surface area contributed by atoms with Gasteiger partial charge in [0.1, 0.15) is 0 Å². The Morgan fingerprint density at radius 3 is 1.87 bits per heavy atom. The summed E-state index contributed by atoms with van der Waals surface area (Å²) >= 11 is 11.8. The molecule has 0 fully saturated rings. The normalized spacial score (nSPS) is 12.1. The lowest BCUT2D eigenvalue weighted by Gasteiger charge is -2.11. The molecule has 0 aliphatic heterocycles. The fourth-order valence-electron chi connectivity index (χ4n) is 2.63. The van der Waals surface area contributed by atoms with Crippen LogP contribution in [-0.2, 0) is 10.0 Å². The molecule has 0 spiro atoms. The Balaban J connectivity index is 1.63. The smallest absolute Gasteiger partial charge is 0.323 e. The highest BCUT2D eigenvalue weighted by Gasteiger charge is 2.15. The van der Waals surface area contributed by atoms with Crippen molar-refractivity contribution in [3.8, 4) is 0 Å². The van der Waals surface area contributed by atoms with Crippen LogP contribution in [0.4, 0.5) is 21.9 Å². The SMILES string of the molecule is CC(O)c1ccc(NC(=O)Nc2ccc(S(=O)(=O)Nc3ccc(Cl)c(Cl)c3)cc2)cc1. The summed E-state index contributed by atoms with van der Waals surface area (Å²) in [7, 11) is -3.85. The summed E-state index contributed by atoms with van der Waals surface area (Å²) in [6.07, 6.45) is -0.594. The maximum Gasteiger partial charge on any atom is 0.323 e. The third-order valence-corrected chi connectivity index (χ3v) is 6.38. The van der Waals surface area contributed by atoms with Crippen LogP contribution in [0.15, 0.2) is 71.6 Å². The number of benzene rings is 3. The minimum absolute atomic E-state index is 0.0123. The minimum Gasteiger partial charge on any atom is -0.389 e. The number of hydrogen-bond acceptors (Lipinski definition) is 4. The van der Waals surface area contributed by atoms with Crippen molar-refractivity contribution in [1.82, 2.24) is 0 Å². The quantitative estimate of drug-likeness (QED) is 0.374. The van der Waals surface area contributed by atoms with Crippen molar-refractivity contribution in [2.24, 2.45) is 0 Å². The fourth-order valence-corrected chi connectivity index (χ4v) is 3.98. The molecule has 0 aliphatic carbocycles. The number of carbonyl (C=O) groups excluding carboxylic acids is 1. The van der Waals surface area contributed by atoms with E-state index < -0.39 is 22.2 Å². The van der Waals surface area contributed by atoms with Gasteiger partial charge >= 0.3 is 6.03 Å². The van der Waals surface area contributed by atoms with Gasteiger partial charge in [0.2, 0.25) is 0 Å². The lowest BCUT2D eigenvalue weighted by Crippen LogP contribution is -2.19. The Bertz CT molecular complexity index is 1180. The summed E-state index contributed by atoms with van der Waals surface area (Å²) in [5.41, 5.74) is 1.97. The van der Waals surface area contributed by atoms with Gasteiger partial charge in [-0.25, -0.2) is 13.2 Å². The van der Waals surface area contributed by atoms with Crippen LogP contribution in [0.5, 0.6) is 0 Å². The summed E-state index contributed by atoms with van der Waals surface area (Å²) in [5.74, 6) is 0. The zero-order valence-electron chi connectivity index (χ0n) is 16.3. The first-order chi connectivity index (χ1) is 14.6. The van der Waals surface area contributed by atoms with Crippen molar-refractivity contribution < 1.29 is 18.3 Å². The molecule has 3 aromatic rings. The topological polar surface area (TPSA) is 108 Å². The molecular weight excluding hydrogens is 461 g/mol. The van der Waals surface area contributed by atoms with Gasteiger partial charge in [-0.2, -0.15) is 0 Å². The number of nitrogens with one attached hydrogen (secondary N) is 3. The second-order valence-corrected chi connectivity index (χ2v) is 9.13. The van der Waals surface area contributed by atoms with Gasteiger partial charge in [-0.1, -0.05) is 35.3 Å². The zero-order chi connectivity index (χ0) is 22.6. The van der Waals surface area contributed by atoms with Crippen LogP contribution in [0, 0.1) is 0 Å². The molecule has 162 valence electrons. The summed E-state index contributed by atoms with van der Waals surface area (Å²) < 4.78 is 27.5. The number of rotatable bonds is 6. The van der Waals surface area contributed by atoms with Crippen LogP contribution in [0.1, 0.15) is 18.6 Å². The number of halogens is 2. The van der Waals surface area contributed by atoms with Crippen molar-refractivity contribution >= 4 is 56.3 Å². The molecule has 0 aromatic heterocycles. The number of sulfonamides is 1. The minimum atomic E-state index is -3.85. The Morgan fingerprint density at radius 2 is 1.35 bits per heavy atom. The third kappa shape index (κ3) is 6.11. The predicted molar refractivity (Wildman–Crippen MR) is 123 cm³/mol. The van der Waals surface area contributed by atoms with Gasteiger partial charge in [-0.3, -0.25) is 4.72 Å². The molecule has 0 saturated carbocycles. The number of aliphatic hydroxyl groups excluding tert-OH is 1. The Hall–Kier alpha value is -2.78. The average Bonchev–Trinajstić information content (AvgIpc) is 2.71. The number of amides is 2. The van der Waals surface area contributed by atoms with Crippen molar-refractivity contribution in [1.29, 1.82) is 0 Å². The van der Waals surface area contributed by atoms with Crippen molar-refractivity contribution in [2.45, 2.75) is 17.9 Å². The van der Waals surface area contributed by atoms with Crippen molar-refractivity contribution in [3.63, 3.8) is 0 Å². The Kier molecular flexibility index (Phi) is 7.07. The maximum atomic E-state index is 12.5. The number of urea groups is 1. The van der Waals surface area contributed by atoms with Gasteiger partial charge in [0.15, 0.2) is 0 Å². The summed E-state index contributed by atoms with van der Waals surface area (Å²) in [6.45, 7) is 1.65. The molecule has 7 nitrogen and oxygen atoms in total. The molecule has 10 heteroatoms. The number of hydrogen-bond donors (Lipinski definition) is 4. The summed E-state index contributed by atoms with van der Waals surface area (Å²) in [4.78, 5) is 12.2. The van der Waals surface area contributed by atoms with Crippen LogP contribution in [0.25, 0.3) is 0 Å². The van der Waals surface area contributed by atoms with E-state index >= 15 is 0 Å². The lowest BCUT2D eigenvalue weighted by atomic mass is 10.1. The molecule has 1 atom stereocenters. The van der Waals surface area contributed by atoms with Crippen molar-refractivity contribution in [3.05, 3.63) is 82.3 Å². The van der Waals surface area contributed by atoms with Gasteiger partial charge in [0.25, 0.3) is 10.0 Å². The first-order valence-corrected chi connectivity index (χ1v) is 11.3. The van der Waals surface area contributed by atoms with E-state index in [-0.39, 0.29) is 15.6 Å². The van der Waals surface area contributed by atoms with Gasteiger partial charge in [0, 0.05) is 11.4 Å². The highest BCUT2D eigenvalue weighted by atomic mass is 35.5.